The van der Waals surface area contributed by atoms with Crippen LogP contribution in [0, 0.1) is 11.8 Å². The number of hydrogen-bond donors (Lipinski definition) is 2. The normalized spacial score (nSPS) is 36.6. The number of aliphatic hydroxyl groups is 2. The lowest BCUT2D eigenvalue weighted by Gasteiger charge is -2.35. The van der Waals surface area contributed by atoms with E-state index in [2.05, 4.69) is 26.8 Å². The molecule has 4 atom stereocenters. The summed E-state index contributed by atoms with van der Waals surface area (Å²) in [5, 5.41) is 20.8. The molecule has 0 aromatic carbocycles. The fourth-order valence-electron chi connectivity index (χ4n) is 3.05. The van der Waals surface area contributed by atoms with Gasteiger partial charge in [-0.25, -0.2) is 0 Å². The molecule has 0 unspecified atom stereocenters. The summed E-state index contributed by atoms with van der Waals surface area (Å²) < 4.78 is 0. The van der Waals surface area contributed by atoms with Gasteiger partial charge >= 0.3 is 0 Å². The molecule has 2 N–H and O–H groups in total. The van der Waals surface area contributed by atoms with E-state index in [0.717, 1.165) is 25.7 Å². The summed E-state index contributed by atoms with van der Waals surface area (Å²) in [5.41, 5.74) is 0.0316. The lowest BCUT2D eigenvalue weighted by atomic mass is 9.76. The van der Waals surface area contributed by atoms with E-state index in [0.29, 0.717) is 0 Å². The van der Waals surface area contributed by atoms with Crippen molar-refractivity contribution in [1.82, 2.24) is 0 Å². The zero-order valence-electron chi connectivity index (χ0n) is 12.0. The van der Waals surface area contributed by atoms with Gasteiger partial charge in [0, 0.05) is 0 Å². The molecule has 0 heterocycles. The van der Waals surface area contributed by atoms with Crippen molar-refractivity contribution >= 4 is 0 Å². The standard InChI is InChI=1S/C15H28O2/c1-11(2)7-6-9-15(5,17)13-8-10-14(4,16)12(13)3/h7,12-13,16-17H,6,8-10H2,1-5H3/t12-,13+,14-,15+/m1/s1. The van der Waals surface area contributed by atoms with Crippen LogP contribution < -0.4 is 0 Å². The summed E-state index contributed by atoms with van der Waals surface area (Å²) in [4.78, 5) is 0. The highest BCUT2D eigenvalue weighted by molar-refractivity contribution is 5.01. The van der Waals surface area contributed by atoms with Crippen LogP contribution in [0.3, 0.4) is 0 Å². The molecule has 0 spiro atoms. The quantitative estimate of drug-likeness (QED) is 0.740. The second-order valence-corrected chi connectivity index (χ2v) is 6.47. The van der Waals surface area contributed by atoms with Gasteiger partial charge in [0.2, 0.25) is 0 Å². The molecule has 1 aliphatic rings. The van der Waals surface area contributed by atoms with E-state index >= 15 is 0 Å². The average Bonchev–Trinajstić information content (AvgIpc) is 2.41. The van der Waals surface area contributed by atoms with Gasteiger partial charge in [-0.2, -0.15) is 0 Å². The van der Waals surface area contributed by atoms with Crippen LogP contribution in [0.1, 0.15) is 60.3 Å². The SMILES string of the molecule is CC(C)=CCC[C@](C)(O)[C@H]1CC[C@@](C)(O)[C@@H]1C. The van der Waals surface area contributed by atoms with E-state index in [9.17, 15) is 10.2 Å². The topological polar surface area (TPSA) is 40.5 Å². The molecule has 0 aromatic heterocycles. The van der Waals surface area contributed by atoms with Gasteiger partial charge in [-0.3, -0.25) is 0 Å². The van der Waals surface area contributed by atoms with Crippen molar-refractivity contribution in [3.8, 4) is 0 Å². The molecule has 1 rings (SSSR count). The Labute approximate surface area is 106 Å². The third kappa shape index (κ3) is 3.56. The molecule has 100 valence electrons. The van der Waals surface area contributed by atoms with Crippen molar-refractivity contribution in [2.24, 2.45) is 11.8 Å². The monoisotopic (exact) mass is 240 g/mol. The Morgan fingerprint density at radius 2 is 2.06 bits per heavy atom. The van der Waals surface area contributed by atoms with Gasteiger partial charge in [-0.05, 0) is 65.2 Å². The van der Waals surface area contributed by atoms with Crippen molar-refractivity contribution in [3.63, 3.8) is 0 Å². The highest BCUT2D eigenvalue weighted by Crippen LogP contribution is 2.46. The van der Waals surface area contributed by atoms with E-state index in [-0.39, 0.29) is 11.8 Å². The van der Waals surface area contributed by atoms with E-state index in [1.165, 1.54) is 5.57 Å². The summed E-state index contributed by atoms with van der Waals surface area (Å²) in [5.74, 6) is 0.382. The Kier molecular flexibility index (Phi) is 4.43. The zero-order valence-corrected chi connectivity index (χ0v) is 12.0. The van der Waals surface area contributed by atoms with E-state index in [4.69, 9.17) is 0 Å². The van der Waals surface area contributed by atoms with Crippen LogP contribution in [-0.2, 0) is 0 Å². The largest absolute Gasteiger partial charge is 0.390 e. The van der Waals surface area contributed by atoms with E-state index in [1.807, 2.05) is 13.8 Å². The number of allylic oxidation sites excluding steroid dienone is 2. The van der Waals surface area contributed by atoms with Crippen LogP contribution in [-0.4, -0.2) is 21.4 Å². The lowest BCUT2D eigenvalue weighted by molar-refractivity contribution is -0.0540. The molecule has 2 heteroatoms. The van der Waals surface area contributed by atoms with Crippen LogP contribution in [0.25, 0.3) is 0 Å². The maximum Gasteiger partial charge on any atom is 0.0654 e. The van der Waals surface area contributed by atoms with Crippen LogP contribution in [0.4, 0.5) is 0 Å². The Bertz CT molecular complexity index is 285. The summed E-state index contributed by atoms with van der Waals surface area (Å²) in [6.07, 6.45) is 5.60. The maximum absolute atomic E-state index is 10.6. The van der Waals surface area contributed by atoms with Crippen molar-refractivity contribution in [3.05, 3.63) is 11.6 Å². The first-order valence-corrected chi connectivity index (χ1v) is 6.75. The van der Waals surface area contributed by atoms with Crippen molar-refractivity contribution < 1.29 is 10.2 Å². The Hall–Kier alpha value is -0.340. The molecule has 1 saturated carbocycles. The Morgan fingerprint density at radius 1 is 1.47 bits per heavy atom. The summed E-state index contributed by atoms with van der Waals surface area (Å²) in [7, 11) is 0. The predicted octanol–water partition coefficient (Wildman–Crippen LogP) is 3.28. The minimum absolute atomic E-state index is 0.171. The molecule has 0 aromatic rings. The summed E-state index contributed by atoms with van der Waals surface area (Å²) in [6.45, 7) is 10.0. The minimum Gasteiger partial charge on any atom is -0.390 e. The van der Waals surface area contributed by atoms with Crippen molar-refractivity contribution in [2.45, 2.75) is 71.5 Å². The average molecular weight is 240 g/mol. The van der Waals surface area contributed by atoms with Gasteiger partial charge in [0.15, 0.2) is 0 Å². The molecule has 0 aliphatic heterocycles. The minimum atomic E-state index is -0.661. The van der Waals surface area contributed by atoms with Crippen molar-refractivity contribution in [2.75, 3.05) is 0 Å². The van der Waals surface area contributed by atoms with Crippen LogP contribution in [0.2, 0.25) is 0 Å². The molecule has 0 radical (unpaired) electrons. The fraction of sp³-hybridized carbons (Fsp3) is 0.867. The zero-order chi connectivity index (χ0) is 13.3. The first kappa shape index (κ1) is 14.7. The third-order valence-electron chi connectivity index (χ3n) is 4.55. The van der Waals surface area contributed by atoms with Gasteiger partial charge in [0.25, 0.3) is 0 Å². The number of hydrogen-bond acceptors (Lipinski definition) is 2. The fourth-order valence-corrected chi connectivity index (χ4v) is 3.05. The number of rotatable bonds is 4. The maximum atomic E-state index is 10.6. The molecular weight excluding hydrogens is 212 g/mol. The smallest absolute Gasteiger partial charge is 0.0654 e. The van der Waals surface area contributed by atoms with Crippen molar-refractivity contribution in [1.29, 1.82) is 0 Å². The predicted molar refractivity (Wildman–Crippen MR) is 71.8 cm³/mol. The van der Waals surface area contributed by atoms with Gasteiger partial charge < -0.3 is 10.2 Å². The van der Waals surface area contributed by atoms with Gasteiger partial charge in [0.1, 0.15) is 0 Å². The summed E-state index contributed by atoms with van der Waals surface area (Å²) in [6, 6.07) is 0. The summed E-state index contributed by atoms with van der Waals surface area (Å²) >= 11 is 0. The highest BCUT2D eigenvalue weighted by Gasteiger charge is 2.47. The highest BCUT2D eigenvalue weighted by atomic mass is 16.3. The second-order valence-electron chi connectivity index (χ2n) is 6.47. The second kappa shape index (κ2) is 5.11. The Morgan fingerprint density at radius 3 is 2.47 bits per heavy atom. The first-order chi connectivity index (χ1) is 7.67. The van der Waals surface area contributed by atoms with Crippen LogP contribution in [0.5, 0.6) is 0 Å². The van der Waals surface area contributed by atoms with Crippen LogP contribution >= 0.6 is 0 Å². The third-order valence-corrected chi connectivity index (χ3v) is 4.55. The molecule has 0 amide bonds. The first-order valence-electron chi connectivity index (χ1n) is 6.75. The molecule has 1 aliphatic carbocycles. The van der Waals surface area contributed by atoms with E-state index < -0.39 is 11.2 Å². The van der Waals surface area contributed by atoms with Gasteiger partial charge in [-0.1, -0.05) is 18.6 Å². The molecule has 0 bridgehead atoms. The Balaban J connectivity index is 2.62. The molecule has 1 fully saturated rings. The molecule has 2 nitrogen and oxygen atoms in total. The van der Waals surface area contributed by atoms with Gasteiger partial charge in [0.05, 0.1) is 11.2 Å². The molecule has 17 heavy (non-hydrogen) atoms. The lowest BCUT2D eigenvalue weighted by Crippen LogP contribution is -2.40. The molecule has 0 saturated heterocycles. The van der Waals surface area contributed by atoms with E-state index in [1.54, 1.807) is 0 Å². The van der Waals surface area contributed by atoms with Gasteiger partial charge in [-0.15, -0.1) is 0 Å². The van der Waals surface area contributed by atoms with Crippen LogP contribution in [0.15, 0.2) is 11.6 Å². The molecular formula is C15H28O2.